The maximum atomic E-state index is 12.2. The quantitative estimate of drug-likeness (QED) is 0.0463. The van der Waals surface area contributed by atoms with Crippen molar-refractivity contribution in [3.63, 3.8) is 0 Å². The number of ether oxygens (including phenoxy) is 3. The lowest BCUT2D eigenvalue weighted by Crippen LogP contribution is -2.23. The molecule has 0 amide bonds. The maximum Gasteiger partial charge on any atom is 0.306 e. The predicted molar refractivity (Wildman–Crippen MR) is 163 cm³/mol. The van der Waals surface area contributed by atoms with E-state index in [1.807, 2.05) is 32.9 Å². The van der Waals surface area contributed by atoms with Crippen LogP contribution in [0.15, 0.2) is 34.9 Å². The Morgan fingerprint density at radius 1 is 0.725 bits per heavy atom. The lowest BCUT2D eigenvalue weighted by molar-refractivity contribution is -0.146. The zero-order chi connectivity index (χ0) is 30.0. The van der Waals surface area contributed by atoms with E-state index in [1.54, 1.807) is 6.08 Å². The van der Waals surface area contributed by atoms with Gasteiger partial charge in [-0.15, -0.1) is 0 Å². The summed E-state index contributed by atoms with van der Waals surface area (Å²) < 4.78 is 16.1. The van der Waals surface area contributed by atoms with Gasteiger partial charge in [0, 0.05) is 32.3 Å². The van der Waals surface area contributed by atoms with Gasteiger partial charge in [0.1, 0.15) is 19.3 Å². The van der Waals surface area contributed by atoms with Gasteiger partial charge in [-0.1, -0.05) is 101 Å². The van der Waals surface area contributed by atoms with Gasteiger partial charge in [0.2, 0.25) is 0 Å². The van der Waals surface area contributed by atoms with Crippen LogP contribution in [0, 0.1) is 11.8 Å². The molecule has 226 valence electrons. The first-order valence-corrected chi connectivity index (χ1v) is 15.1. The Morgan fingerprint density at radius 2 is 1.30 bits per heavy atom. The second kappa shape index (κ2) is 25.2. The fourth-order valence-corrected chi connectivity index (χ4v) is 4.00. The van der Waals surface area contributed by atoms with E-state index in [9.17, 15) is 14.4 Å². The fourth-order valence-electron chi connectivity index (χ4n) is 4.00. The van der Waals surface area contributed by atoms with Crippen LogP contribution in [0.1, 0.15) is 131 Å². The van der Waals surface area contributed by atoms with Crippen molar-refractivity contribution in [2.75, 3.05) is 13.2 Å². The van der Waals surface area contributed by atoms with Gasteiger partial charge in [-0.2, -0.15) is 0 Å². The number of unbranched alkanes of at least 4 members (excludes halogenated alkanes) is 11. The molecule has 0 aliphatic carbocycles. The van der Waals surface area contributed by atoms with Gasteiger partial charge in [-0.25, -0.2) is 0 Å². The van der Waals surface area contributed by atoms with Gasteiger partial charge in [-0.3, -0.25) is 14.4 Å². The summed E-state index contributed by atoms with van der Waals surface area (Å²) in [5.74, 6) is 4.86. The van der Waals surface area contributed by atoms with E-state index in [2.05, 4.69) is 18.8 Å². The molecule has 1 unspecified atom stereocenters. The number of carbonyl (C=O) groups excluding carboxylic acids is 3. The van der Waals surface area contributed by atoms with Crippen LogP contribution < -0.4 is 0 Å². The van der Waals surface area contributed by atoms with Crippen LogP contribution in [0.5, 0.6) is 0 Å². The highest BCUT2D eigenvalue weighted by Gasteiger charge is 2.18. The van der Waals surface area contributed by atoms with Crippen molar-refractivity contribution in [2.24, 2.45) is 0 Å². The summed E-state index contributed by atoms with van der Waals surface area (Å²) in [5, 5.41) is 0. The molecule has 1 atom stereocenters. The molecule has 0 bridgehead atoms. The lowest BCUT2D eigenvalue weighted by atomic mass is 10.0. The molecular formula is C34H54O6. The molecule has 6 nitrogen and oxygen atoms in total. The van der Waals surface area contributed by atoms with Crippen LogP contribution in [-0.4, -0.2) is 37.2 Å². The van der Waals surface area contributed by atoms with Gasteiger partial charge in [0.05, 0.1) is 0 Å². The third-order valence-corrected chi connectivity index (χ3v) is 6.26. The van der Waals surface area contributed by atoms with Crippen molar-refractivity contribution in [1.29, 1.82) is 0 Å². The highest BCUT2D eigenvalue weighted by atomic mass is 16.6. The molecule has 0 saturated heterocycles. The Balaban J connectivity index is 4.68. The average molecular weight is 559 g/mol. The summed E-state index contributed by atoms with van der Waals surface area (Å²) in [6.45, 7) is 10.7. The zero-order valence-corrected chi connectivity index (χ0v) is 26.1. The summed E-state index contributed by atoms with van der Waals surface area (Å²) in [5.41, 5.74) is 2.50. The molecular weight excluding hydrogens is 504 g/mol. The Kier molecular flexibility index (Phi) is 23.4. The van der Waals surface area contributed by atoms with Crippen LogP contribution >= 0.6 is 0 Å². The number of carbonyl (C=O) groups is 3. The number of esters is 3. The van der Waals surface area contributed by atoms with Crippen LogP contribution in [0.4, 0.5) is 0 Å². The number of hydrogen-bond donors (Lipinski definition) is 0. The third-order valence-electron chi connectivity index (χ3n) is 6.26. The minimum Gasteiger partial charge on any atom is -0.461 e. The molecule has 0 aliphatic rings. The highest BCUT2D eigenvalue weighted by molar-refractivity contribution is 5.69. The summed E-state index contributed by atoms with van der Waals surface area (Å²) in [4.78, 5) is 35.4. The Bertz CT molecular complexity index is 880. The zero-order valence-electron chi connectivity index (χ0n) is 26.1. The van der Waals surface area contributed by atoms with Crippen molar-refractivity contribution >= 4 is 17.9 Å². The number of hydrogen-bond acceptors (Lipinski definition) is 6. The summed E-state index contributed by atoms with van der Waals surface area (Å²) in [7, 11) is 0. The number of allylic oxidation sites excluding steroid dienone is 3. The van der Waals surface area contributed by atoms with E-state index in [4.69, 9.17) is 14.2 Å². The largest absolute Gasteiger partial charge is 0.461 e. The van der Waals surface area contributed by atoms with Crippen LogP contribution in [-0.2, 0) is 28.6 Å². The van der Waals surface area contributed by atoms with Crippen molar-refractivity contribution < 1.29 is 28.6 Å². The van der Waals surface area contributed by atoms with E-state index in [-0.39, 0.29) is 19.2 Å². The predicted octanol–water partition coefficient (Wildman–Crippen LogP) is 8.35. The first kappa shape index (κ1) is 37.2. The maximum absolute atomic E-state index is 12.2. The minimum absolute atomic E-state index is 0.0223. The lowest BCUT2D eigenvalue weighted by Gasteiger charge is -2.19. The van der Waals surface area contributed by atoms with Gasteiger partial charge in [-0.05, 0) is 44.9 Å². The second-order valence-corrected chi connectivity index (χ2v) is 10.6. The van der Waals surface area contributed by atoms with E-state index >= 15 is 0 Å². The first-order chi connectivity index (χ1) is 19.1. The van der Waals surface area contributed by atoms with Crippen LogP contribution in [0.3, 0.4) is 0 Å². The van der Waals surface area contributed by atoms with E-state index in [0.717, 1.165) is 30.4 Å². The van der Waals surface area contributed by atoms with Crippen molar-refractivity contribution in [3.8, 4) is 11.8 Å². The smallest absolute Gasteiger partial charge is 0.306 e. The standard InChI is InChI=1S/C34H54O6/c1-7-8-9-10-11-12-13-14-15-16-17-18-22-34(37)38-26-25-32(27-39-30(5)35)33(40-31(6)36)24-23-29(4)21-19-20-28(2)3/h20,23,25,33H,7-18,22,24,26-27H2,1-6H3/b29-23+,32-25+. The first-order valence-electron chi connectivity index (χ1n) is 15.1. The molecule has 6 heteroatoms. The van der Waals surface area contributed by atoms with Gasteiger partial charge < -0.3 is 14.2 Å². The normalized spacial score (nSPS) is 12.2. The molecule has 40 heavy (non-hydrogen) atoms. The monoisotopic (exact) mass is 558 g/mol. The molecule has 0 N–H and O–H groups in total. The summed E-state index contributed by atoms with van der Waals surface area (Å²) in [6.07, 6.45) is 20.3. The fraction of sp³-hybridized carbons (Fsp3) is 0.676. The second-order valence-electron chi connectivity index (χ2n) is 10.6. The van der Waals surface area contributed by atoms with Crippen LogP contribution in [0.25, 0.3) is 0 Å². The molecule has 0 aliphatic heterocycles. The molecule has 0 rings (SSSR count). The topological polar surface area (TPSA) is 78.9 Å². The van der Waals surface area contributed by atoms with E-state index < -0.39 is 18.0 Å². The highest BCUT2D eigenvalue weighted by Crippen LogP contribution is 2.16. The Labute approximate surface area is 244 Å². The molecule has 0 aromatic carbocycles. The Hall–Kier alpha value is -2.81. The molecule has 0 radical (unpaired) electrons. The molecule has 0 spiro atoms. The Morgan fingerprint density at radius 3 is 1.82 bits per heavy atom. The third kappa shape index (κ3) is 24.2. The van der Waals surface area contributed by atoms with Gasteiger partial charge in [0.25, 0.3) is 0 Å². The molecule has 0 saturated carbocycles. The minimum atomic E-state index is -0.660. The molecule has 0 fully saturated rings. The van der Waals surface area contributed by atoms with Crippen molar-refractivity contribution in [2.45, 2.75) is 138 Å². The molecule has 0 aromatic heterocycles. The summed E-state index contributed by atoms with van der Waals surface area (Å²) in [6, 6.07) is 0. The number of rotatable bonds is 21. The summed E-state index contributed by atoms with van der Waals surface area (Å²) >= 11 is 0. The van der Waals surface area contributed by atoms with Crippen molar-refractivity contribution in [1.82, 2.24) is 0 Å². The average Bonchev–Trinajstić information content (AvgIpc) is 2.88. The SMILES string of the molecule is CCCCCCCCCCCCCCC(=O)OC/C=C(\COC(C)=O)C(C/C=C(\C)C#CC=C(C)C)OC(C)=O. The van der Waals surface area contributed by atoms with Crippen LogP contribution in [0.2, 0.25) is 0 Å². The van der Waals surface area contributed by atoms with E-state index in [1.165, 1.54) is 71.6 Å². The van der Waals surface area contributed by atoms with Gasteiger partial charge >= 0.3 is 17.9 Å². The van der Waals surface area contributed by atoms with Gasteiger partial charge in [0.15, 0.2) is 0 Å². The molecule has 0 heterocycles. The molecule has 0 aromatic rings. The van der Waals surface area contributed by atoms with Crippen molar-refractivity contribution in [3.05, 3.63) is 34.9 Å². The van der Waals surface area contributed by atoms with E-state index in [0.29, 0.717) is 18.4 Å².